The van der Waals surface area contributed by atoms with Gasteiger partial charge in [0.05, 0.1) is 17.1 Å². The number of rotatable bonds is 6. The standard InChI is InChI=1S/C19H20ClN3O5S/c20-14-5-3-4-13(10-14)19(26)21-12-18(25)22-16-11-15(6-7-17(16)24)29(27,28)23-8-1-2-9-23/h3-7,10-11,24H,1-2,8-9,12H2,(H,21,26)(H,22,25). The maximum Gasteiger partial charge on any atom is 0.251 e. The molecule has 0 saturated carbocycles. The van der Waals surface area contributed by atoms with Crippen molar-refractivity contribution in [2.75, 3.05) is 25.0 Å². The average molecular weight is 438 g/mol. The number of carbonyl (C=O) groups is 2. The number of halogens is 1. The lowest BCUT2D eigenvalue weighted by atomic mass is 10.2. The smallest absolute Gasteiger partial charge is 0.251 e. The summed E-state index contributed by atoms with van der Waals surface area (Å²) in [5.41, 5.74) is 0.249. The van der Waals surface area contributed by atoms with Gasteiger partial charge in [0.25, 0.3) is 5.91 Å². The van der Waals surface area contributed by atoms with E-state index in [0.29, 0.717) is 23.7 Å². The molecule has 3 N–H and O–H groups in total. The second kappa shape index (κ2) is 8.81. The van der Waals surface area contributed by atoms with Gasteiger partial charge in [0, 0.05) is 23.7 Å². The molecule has 1 aliphatic rings. The lowest BCUT2D eigenvalue weighted by molar-refractivity contribution is -0.115. The second-order valence-corrected chi connectivity index (χ2v) is 8.91. The van der Waals surface area contributed by atoms with Crippen molar-refractivity contribution in [3.8, 4) is 5.75 Å². The third-order valence-electron chi connectivity index (χ3n) is 4.44. The van der Waals surface area contributed by atoms with Gasteiger partial charge in [-0.15, -0.1) is 0 Å². The number of anilines is 1. The Morgan fingerprint density at radius 3 is 2.52 bits per heavy atom. The quantitative estimate of drug-likeness (QED) is 0.599. The molecule has 0 radical (unpaired) electrons. The van der Waals surface area contributed by atoms with Gasteiger partial charge in [-0.2, -0.15) is 4.31 Å². The summed E-state index contributed by atoms with van der Waals surface area (Å²) >= 11 is 5.84. The number of nitrogens with zero attached hydrogens (tertiary/aromatic N) is 1. The Labute approximate surface area is 173 Å². The Morgan fingerprint density at radius 2 is 1.83 bits per heavy atom. The topological polar surface area (TPSA) is 116 Å². The van der Waals surface area contributed by atoms with Crippen LogP contribution in [0.2, 0.25) is 5.02 Å². The van der Waals surface area contributed by atoms with Crippen LogP contribution in [0.15, 0.2) is 47.4 Å². The third-order valence-corrected chi connectivity index (χ3v) is 6.57. The predicted molar refractivity (Wildman–Crippen MR) is 109 cm³/mol. The molecule has 0 aromatic heterocycles. The number of phenolic OH excluding ortho intramolecular Hbond substituents is 1. The zero-order chi connectivity index (χ0) is 21.0. The fourth-order valence-electron chi connectivity index (χ4n) is 2.94. The van der Waals surface area contributed by atoms with Crippen molar-refractivity contribution in [1.82, 2.24) is 9.62 Å². The molecule has 0 unspecified atom stereocenters. The number of hydrogen-bond donors (Lipinski definition) is 3. The van der Waals surface area contributed by atoms with Crippen molar-refractivity contribution >= 4 is 39.1 Å². The van der Waals surface area contributed by atoms with Crippen LogP contribution >= 0.6 is 11.6 Å². The highest BCUT2D eigenvalue weighted by Crippen LogP contribution is 2.29. The van der Waals surface area contributed by atoms with Crippen LogP contribution in [0.1, 0.15) is 23.2 Å². The van der Waals surface area contributed by atoms with Crippen LogP contribution in [0, 0.1) is 0 Å². The van der Waals surface area contributed by atoms with Gasteiger partial charge in [0.15, 0.2) is 0 Å². The van der Waals surface area contributed by atoms with Crippen LogP contribution < -0.4 is 10.6 Å². The second-order valence-electron chi connectivity index (χ2n) is 6.53. The number of nitrogens with one attached hydrogen (secondary N) is 2. The van der Waals surface area contributed by atoms with Gasteiger partial charge < -0.3 is 15.7 Å². The fraction of sp³-hybridized carbons (Fsp3) is 0.263. The van der Waals surface area contributed by atoms with Crippen LogP contribution in [0.5, 0.6) is 5.75 Å². The molecule has 0 aliphatic carbocycles. The van der Waals surface area contributed by atoms with E-state index in [0.717, 1.165) is 12.8 Å². The number of carbonyl (C=O) groups excluding carboxylic acids is 2. The van der Waals surface area contributed by atoms with E-state index in [-0.39, 0.29) is 22.9 Å². The average Bonchev–Trinajstić information content (AvgIpc) is 3.23. The molecule has 29 heavy (non-hydrogen) atoms. The van der Waals surface area contributed by atoms with E-state index in [4.69, 9.17) is 11.6 Å². The van der Waals surface area contributed by atoms with Crippen molar-refractivity contribution < 1.29 is 23.1 Å². The highest BCUT2D eigenvalue weighted by atomic mass is 35.5. The van der Waals surface area contributed by atoms with Crippen LogP contribution in [0.4, 0.5) is 5.69 Å². The Morgan fingerprint density at radius 1 is 1.10 bits per heavy atom. The monoisotopic (exact) mass is 437 g/mol. The van der Waals surface area contributed by atoms with Crippen LogP contribution in [0.3, 0.4) is 0 Å². The minimum Gasteiger partial charge on any atom is -0.506 e. The molecule has 0 atom stereocenters. The maximum absolute atomic E-state index is 12.6. The Balaban J connectivity index is 1.66. The number of hydrogen-bond acceptors (Lipinski definition) is 5. The van der Waals surface area contributed by atoms with Gasteiger partial charge in [-0.05, 0) is 49.2 Å². The lowest BCUT2D eigenvalue weighted by Gasteiger charge is -2.16. The largest absolute Gasteiger partial charge is 0.506 e. The van der Waals surface area contributed by atoms with Crippen LogP contribution in [-0.2, 0) is 14.8 Å². The van der Waals surface area contributed by atoms with Gasteiger partial charge >= 0.3 is 0 Å². The summed E-state index contributed by atoms with van der Waals surface area (Å²) in [6.45, 7) is 0.523. The molecule has 0 bridgehead atoms. The molecule has 2 aromatic carbocycles. The highest BCUT2D eigenvalue weighted by molar-refractivity contribution is 7.89. The fourth-order valence-corrected chi connectivity index (χ4v) is 4.67. The number of aromatic hydroxyl groups is 1. The minimum absolute atomic E-state index is 0.0181. The summed E-state index contributed by atoms with van der Waals surface area (Å²) in [5.74, 6) is -1.39. The maximum atomic E-state index is 12.6. The van der Waals surface area contributed by atoms with E-state index < -0.39 is 21.8 Å². The molecule has 8 nitrogen and oxygen atoms in total. The predicted octanol–water partition coefficient (Wildman–Crippen LogP) is 2.20. The Bertz CT molecular complexity index is 1040. The van der Waals surface area contributed by atoms with Crippen molar-refractivity contribution in [2.45, 2.75) is 17.7 Å². The van der Waals surface area contributed by atoms with Crippen molar-refractivity contribution in [2.24, 2.45) is 0 Å². The number of phenols is 1. The summed E-state index contributed by atoms with van der Waals surface area (Å²) in [4.78, 5) is 24.2. The van der Waals surface area contributed by atoms with E-state index in [1.165, 1.54) is 28.6 Å². The van der Waals surface area contributed by atoms with E-state index in [1.54, 1.807) is 18.2 Å². The summed E-state index contributed by atoms with van der Waals surface area (Å²) in [5, 5.41) is 15.2. The minimum atomic E-state index is -3.69. The third kappa shape index (κ3) is 5.06. The molecular weight excluding hydrogens is 418 g/mol. The summed E-state index contributed by atoms with van der Waals surface area (Å²) in [6, 6.07) is 9.96. The van der Waals surface area contributed by atoms with Gasteiger partial charge in [-0.1, -0.05) is 17.7 Å². The highest BCUT2D eigenvalue weighted by Gasteiger charge is 2.28. The first kappa shape index (κ1) is 21.1. The van der Waals surface area contributed by atoms with Gasteiger partial charge in [-0.3, -0.25) is 9.59 Å². The molecule has 10 heteroatoms. The Hall–Kier alpha value is -2.62. The SMILES string of the molecule is O=C(CNC(=O)c1cccc(Cl)c1)Nc1cc(S(=O)(=O)N2CCCC2)ccc1O. The zero-order valence-corrected chi connectivity index (χ0v) is 17.0. The number of sulfonamides is 1. The van der Waals surface area contributed by atoms with E-state index in [2.05, 4.69) is 10.6 Å². The molecule has 1 aliphatic heterocycles. The van der Waals surface area contributed by atoms with Gasteiger partial charge in [-0.25, -0.2) is 8.42 Å². The zero-order valence-electron chi connectivity index (χ0n) is 15.4. The molecule has 1 saturated heterocycles. The van der Waals surface area contributed by atoms with Gasteiger partial charge in [0.1, 0.15) is 5.75 Å². The molecule has 1 heterocycles. The van der Waals surface area contributed by atoms with Crippen LogP contribution in [0.25, 0.3) is 0 Å². The molecule has 2 amide bonds. The van der Waals surface area contributed by atoms with E-state index >= 15 is 0 Å². The summed E-state index contributed by atoms with van der Waals surface area (Å²) < 4.78 is 26.7. The Kier molecular flexibility index (Phi) is 6.41. The summed E-state index contributed by atoms with van der Waals surface area (Å²) in [7, 11) is -3.69. The van der Waals surface area contributed by atoms with E-state index in [1.807, 2.05) is 0 Å². The van der Waals surface area contributed by atoms with Crippen LogP contribution in [-0.4, -0.2) is 49.3 Å². The molecule has 0 spiro atoms. The van der Waals surface area contributed by atoms with Gasteiger partial charge in [0.2, 0.25) is 15.9 Å². The van der Waals surface area contributed by atoms with Crippen molar-refractivity contribution in [3.05, 3.63) is 53.1 Å². The molecule has 2 aromatic rings. The first-order valence-electron chi connectivity index (χ1n) is 8.94. The first-order valence-corrected chi connectivity index (χ1v) is 10.8. The first-order chi connectivity index (χ1) is 13.8. The van der Waals surface area contributed by atoms with E-state index in [9.17, 15) is 23.1 Å². The number of amides is 2. The molecule has 3 rings (SSSR count). The summed E-state index contributed by atoms with van der Waals surface area (Å²) in [6.07, 6.45) is 1.60. The number of benzene rings is 2. The molecular formula is C19H20ClN3O5S. The molecule has 154 valence electrons. The normalized spacial score (nSPS) is 14.5. The van der Waals surface area contributed by atoms with Crippen molar-refractivity contribution in [1.29, 1.82) is 0 Å². The van der Waals surface area contributed by atoms with Crippen molar-refractivity contribution in [3.63, 3.8) is 0 Å². The lowest BCUT2D eigenvalue weighted by Crippen LogP contribution is -2.33. The molecule has 1 fully saturated rings.